The van der Waals surface area contributed by atoms with Crippen molar-refractivity contribution in [2.75, 3.05) is 24.5 Å². The van der Waals surface area contributed by atoms with Gasteiger partial charge in [-0.1, -0.05) is 158 Å². The molecule has 0 aliphatic carbocycles. The molecule has 0 radical (unpaired) electrons. The molecule has 0 fully saturated rings. The Balaban J connectivity index is 1.17. The molecule has 0 saturated heterocycles. The molecule has 12 rings (SSSR count). The second-order valence-electron chi connectivity index (χ2n) is 18.8. The van der Waals surface area contributed by atoms with Gasteiger partial charge < -0.3 is 24.5 Å². The first-order valence-electron chi connectivity index (χ1n) is 26.2. The Hall–Kier alpha value is -10.6. The van der Waals surface area contributed by atoms with E-state index in [4.69, 9.17) is 11.4 Å². The van der Waals surface area contributed by atoms with Crippen LogP contribution in [0.4, 0.5) is 79.6 Å². The standard InChI is InChI=1S/C72H54N6/c1-3-5-30-56(4-2)74-60-37-21-39-62(47-60)75(57-31-15-8-16-32-57)64-41-23-42-65(49-64)77(59-35-19-10-20-36-59)67-44-25-46-69(51-67)78(70-52-71(54-26-11-6-12-27-54)73-72(53-70)55-28-13-7-14-29-55)68-45-24-43-66(50-68)76(58-33-17-9-18-34-58)63-40-22-38-61(74)48-63/h1,4-53H,2H3. The van der Waals surface area contributed by atoms with Crippen molar-refractivity contribution >= 4 is 79.6 Å². The summed E-state index contributed by atoms with van der Waals surface area (Å²) in [5, 5.41) is 0. The Morgan fingerprint density at radius 3 is 0.897 bits per heavy atom. The Morgan fingerprint density at radius 1 is 0.321 bits per heavy atom. The Kier molecular flexibility index (Phi) is 13.7. The molecule has 0 unspecified atom stereocenters. The fourth-order valence-corrected chi connectivity index (χ4v) is 10.4. The number of fused-ring (bicyclic) bond motifs is 10. The molecule has 372 valence electrons. The smallest absolute Gasteiger partial charge is 0.0730 e. The third kappa shape index (κ3) is 9.91. The lowest BCUT2D eigenvalue weighted by atomic mass is 10.1. The van der Waals surface area contributed by atoms with Crippen molar-refractivity contribution in [2.45, 2.75) is 6.92 Å². The summed E-state index contributed by atoms with van der Waals surface area (Å²) in [7, 11) is 0. The highest BCUT2D eigenvalue weighted by Crippen LogP contribution is 2.47. The van der Waals surface area contributed by atoms with E-state index >= 15 is 0 Å². The van der Waals surface area contributed by atoms with Gasteiger partial charge in [0.15, 0.2) is 0 Å². The molecule has 0 spiro atoms. The third-order valence-electron chi connectivity index (χ3n) is 13.9. The van der Waals surface area contributed by atoms with Crippen molar-refractivity contribution < 1.29 is 0 Å². The molecule has 1 aliphatic rings. The summed E-state index contributed by atoms with van der Waals surface area (Å²) < 4.78 is 0. The Bertz CT molecular complexity index is 3910. The fourth-order valence-electron chi connectivity index (χ4n) is 10.4. The van der Waals surface area contributed by atoms with Gasteiger partial charge in [0.25, 0.3) is 0 Å². The highest BCUT2D eigenvalue weighted by atomic mass is 15.2. The zero-order chi connectivity index (χ0) is 52.6. The molecular formula is C72H54N6. The Labute approximate surface area is 457 Å². The van der Waals surface area contributed by atoms with Crippen LogP contribution in [0.3, 0.4) is 0 Å². The van der Waals surface area contributed by atoms with Crippen molar-refractivity contribution in [3.05, 3.63) is 309 Å². The number of hydrogen-bond donors (Lipinski definition) is 0. The van der Waals surface area contributed by atoms with Gasteiger partial charge in [-0.2, -0.15) is 0 Å². The maximum atomic E-state index is 5.93. The van der Waals surface area contributed by atoms with E-state index in [1.807, 2.05) is 18.2 Å². The van der Waals surface area contributed by atoms with Crippen LogP contribution in [-0.4, -0.2) is 4.98 Å². The molecule has 0 N–H and O–H groups in total. The summed E-state index contributed by atoms with van der Waals surface area (Å²) in [5.41, 5.74) is 18.4. The first-order valence-corrected chi connectivity index (χ1v) is 26.2. The minimum Gasteiger partial charge on any atom is -0.311 e. The fraction of sp³-hybridized carbons (Fsp3) is 0.0139. The van der Waals surface area contributed by atoms with Crippen LogP contribution >= 0.6 is 0 Å². The maximum Gasteiger partial charge on any atom is 0.0730 e. The zero-order valence-electron chi connectivity index (χ0n) is 43.1. The highest BCUT2D eigenvalue weighted by molar-refractivity contribution is 5.90. The van der Waals surface area contributed by atoms with E-state index in [1.54, 1.807) is 6.08 Å². The molecule has 6 nitrogen and oxygen atoms in total. The van der Waals surface area contributed by atoms with Crippen LogP contribution in [0.15, 0.2) is 309 Å². The minimum atomic E-state index is 0.867. The number of anilines is 14. The quantitative estimate of drug-likeness (QED) is 0.111. The predicted octanol–water partition coefficient (Wildman–Crippen LogP) is 19.8. The van der Waals surface area contributed by atoms with Gasteiger partial charge in [0.1, 0.15) is 0 Å². The summed E-state index contributed by atoms with van der Waals surface area (Å²) in [4.78, 5) is 17.0. The predicted molar refractivity (Wildman–Crippen MR) is 328 cm³/mol. The van der Waals surface area contributed by atoms with Crippen LogP contribution in [0.2, 0.25) is 0 Å². The SMILES string of the molecule is C#CC=CC(=CC)N1c2cccc(c2)N(c2ccccc2)c2cccc(c2)N(c2ccccc2)c2cccc(c2)N(c2cc(-c3ccccc3)nc(-c3ccccc3)c2)c2cccc(c2)N(c2ccccc2)c2cccc1c2. The van der Waals surface area contributed by atoms with Gasteiger partial charge in [-0.05, 0) is 159 Å². The number of nitrogens with zero attached hydrogens (tertiary/aromatic N) is 6. The number of aromatic nitrogens is 1. The van der Waals surface area contributed by atoms with Crippen LogP contribution in [0, 0.1) is 12.3 Å². The lowest BCUT2D eigenvalue weighted by molar-refractivity contribution is 1.18. The largest absolute Gasteiger partial charge is 0.311 e. The lowest BCUT2D eigenvalue weighted by Crippen LogP contribution is -2.18. The summed E-state index contributed by atoms with van der Waals surface area (Å²) in [6, 6.07) is 101. The van der Waals surface area contributed by atoms with Gasteiger partial charge in [0, 0.05) is 90.8 Å². The average molecular weight is 1000 g/mol. The number of rotatable bonds is 8. The van der Waals surface area contributed by atoms with Crippen LogP contribution in [0.1, 0.15) is 6.92 Å². The van der Waals surface area contributed by atoms with E-state index in [0.717, 1.165) is 108 Å². The zero-order valence-corrected chi connectivity index (χ0v) is 43.1. The summed E-state index contributed by atoms with van der Waals surface area (Å²) in [6.07, 6.45) is 11.8. The molecule has 0 saturated carbocycles. The highest BCUT2D eigenvalue weighted by Gasteiger charge is 2.24. The van der Waals surface area contributed by atoms with E-state index in [1.165, 1.54) is 0 Å². The molecule has 10 aromatic carbocycles. The number of para-hydroxylation sites is 3. The summed E-state index contributed by atoms with van der Waals surface area (Å²) in [5.74, 6) is 2.75. The van der Waals surface area contributed by atoms with Gasteiger partial charge in [0.2, 0.25) is 0 Å². The van der Waals surface area contributed by atoms with Gasteiger partial charge in [0.05, 0.1) is 17.1 Å². The second kappa shape index (κ2) is 22.1. The summed E-state index contributed by atoms with van der Waals surface area (Å²) >= 11 is 0. The lowest BCUT2D eigenvalue weighted by Gasteiger charge is -2.33. The molecule has 0 atom stereocenters. The molecule has 11 aromatic rings. The molecular weight excluding hydrogens is 949 g/mol. The molecule has 6 heteroatoms. The number of allylic oxidation sites excluding steroid dienone is 3. The van der Waals surface area contributed by atoms with Gasteiger partial charge in [-0.3, -0.25) is 0 Å². The van der Waals surface area contributed by atoms with Crippen molar-refractivity contribution in [2.24, 2.45) is 0 Å². The van der Waals surface area contributed by atoms with E-state index in [-0.39, 0.29) is 0 Å². The van der Waals surface area contributed by atoms with Crippen LogP contribution in [0.5, 0.6) is 0 Å². The molecule has 1 aliphatic heterocycles. The second-order valence-corrected chi connectivity index (χ2v) is 18.8. The first kappa shape index (κ1) is 48.3. The average Bonchev–Trinajstić information content (AvgIpc) is 3.53. The van der Waals surface area contributed by atoms with E-state index in [0.29, 0.717) is 0 Å². The monoisotopic (exact) mass is 1000 g/mol. The number of pyridine rings is 1. The molecule has 2 heterocycles. The van der Waals surface area contributed by atoms with Crippen LogP contribution < -0.4 is 24.5 Å². The van der Waals surface area contributed by atoms with E-state index in [2.05, 4.69) is 316 Å². The molecule has 0 amide bonds. The van der Waals surface area contributed by atoms with Gasteiger partial charge in [-0.15, -0.1) is 6.42 Å². The van der Waals surface area contributed by atoms with Crippen molar-refractivity contribution in [3.8, 4) is 34.9 Å². The van der Waals surface area contributed by atoms with Gasteiger partial charge >= 0.3 is 0 Å². The third-order valence-corrected chi connectivity index (χ3v) is 13.9. The van der Waals surface area contributed by atoms with Crippen LogP contribution in [0.25, 0.3) is 22.5 Å². The summed E-state index contributed by atoms with van der Waals surface area (Å²) in [6.45, 7) is 2.05. The van der Waals surface area contributed by atoms with Crippen molar-refractivity contribution in [1.29, 1.82) is 0 Å². The number of hydrogen-bond acceptors (Lipinski definition) is 6. The first-order chi connectivity index (χ1) is 38.6. The normalized spacial score (nSPS) is 12.6. The topological polar surface area (TPSA) is 29.1 Å². The van der Waals surface area contributed by atoms with Crippen molar-refractivity contribution in [1.82, 2.24) is 4.98 Å². The molecule has 10 bridgehead atoms. The van der Waals surface area contributed by atoms with E-state index < -0.39 is 0 Å². The minimum absolute atomic E-state index is 0.867. The van der Waals surface area contributed by atoms with Crippen LogP contribution in [-0.2, 0) is 0 Å². The maximum absolute atomic E-state index is 5.93. The van der Waals surface area contributed by atoms with E-state index in [9.17, 15) is 0 Å². The Morgan fingerprint density at radius 2 is 0.590 bits per heavy atom. The van der Waals surface area contributed by atoms with Crippen molar-refractivity contribution in [3.63, 3.8) is 0 Å². The number of terminal acetylenes is 1. The molecule has 1 aromatic heterocycles. The number of benzene rings is 10. The van der Waals surface area contributed by atoms with Gasteiger partial charge in [-0.25, -0.2) is 4.98 Å². The molecule has 78 heavy (non-hydrogen) atoms.